The molecule has 0 saturated carbocycles. The molecule has 0 aliphatic rings. The van der Waals surface area contributed by atoms with Crippen LogP contribution in [0, 0.1) is 0 Å². The van der Waals surface area contributed by atoms with Crippen LogP contribution in [0.15, 0.2) is 36.4 Å². The third kappa shape index (κ3) is 6.65. The highest BCUT2D eigenvalue weighted by Crippen LogP contribution is 2.31. The fraction of sp³-hybridized carbons (Fsp3) is 0.300. The van der Waals surface area contributed by atoms with Crippen molar-refractivity contribution in [2.75, 3.05) is 24.2 Å². The quantitative estimate of drug-likeness (QED) is 0.542. The van der Waals surface area contributed by atoms with E-state index in [2.05, 4.69) is 5.32 Å². The number of sulfonamides is 1. The molecule has 12 heteroatoms. The molecule has 0 aliphatic carbocycles. The van der Waals surface area contributed by atoms with Gasteiger partial charge in [0.15, 0.2) is 0 Å². The van der Waals surface area contributed by atoms with Crippen LogP contribution in [0.5, 0.6) is 0 Å². The molecule has 2 aromatic carbocycles. The minimum absolute atomic E-state index is 0.0482. The number of nitrogens with one attached hydrogen (secondary N) is 1. The summed E-state index contributed by atoms with van der Waals surface area (Å²) < 4.78 is 25.8. The summed E-state index contributed by atoms with van der Waals surface area (Å²) in [5.74, 6) is -1.08. The van der Waals surface area contributed by atoms with E-state index < -0.39 is 34.4 Å². The smallest absolute Gasteiger partial charge is 0.244 e. The van der Waals surface area contributed by atoms with Gasteiger partial charge in [0.05, 0.1) is 17.0 Å². The second-order valence-electron chi connectivity index (χ2n) is 6.91. The van der Waals surface area contributed by atoms with Crippen molar-refractivity contribution in [3.05, 3.63) is 62.1 Å². The van der Waals surface area contributed by atoms with Gasteiger partial charge >= 0.3 is 0 Å². The van der Waals surface area contributed by atoms with Crippen LogP contribution in [-0.4, -0.2) is 51.0 Å². The number of likely N-dealkylation sites (N-methyl/N-ethyl adjacent to an activating group) is 1. The second kappa shape index (κ2) is 10.9. The van der Waals surface area contributed by atoms with E-state index in [1.165, 1.54) is 43.1 Å². The lowest BCUT2D eigenvalue weighted by molar-refractivity contribution is -0.139. The summed E-state index contributed by atoms with van der Waals surface area (Å²) in [6, 6.07) is 8.10. The van der Waals surface area contributed by atoms with Gasteiger partial charge in [-0.15, -0.1) is 0 Å². The van der Waals surface area contributed by atoms with Gasteiger partial charge < -0.3 is 10.2 Å². The maximum atomic E-state index is 13.3. The molecule has 7 nitrogen and oxygen atoms in total. The molecular formula is C20H21Cl4N3O4S. The van der Waals surface area contributed by atoms with Gasteiger partial charge in [0.2, 0.25) is 21.8 Å². The number of hydrogen-bond acceptors (Lipinski definition) is 4. The number of amides is 2. The first-order valence-electron chi connectivity index (χ1n) is 9.23. The molecule has 0 bridgehead atoms. The number of halogens is 4. The average Bonchev–Trinajstić information content (AvgIpc) is 2.71. The van der Waals surface area contributed by atoms with Crippen LogP contribution in [0.3, 0.4) is 0 Å². The Morgan fingerprint density at radius 3 is 2.16 bits per heavy atom. The number of rotatable bonds is 8. The number of hydrogen-bond donors (Lipinski definition) is 1. The molecule has 2 aromatic rings. The summed E-state index contributed by atoms with van der Waals surface area (Å²) >= 11 is 24.4. The summed E-state index contributed by atoms with van der Waals surface area (Å²) in [4.78, 5) is 26.8. The Hall–Kier alpha value is -1.71. The average molecular weight is 541 g/mol. The fourth-order valence-electron chi connectivity index (χ4n) is 2.90. The maximum absolute atomic E-state index is 13.3. The van der Waals surface area contributed by atoms with Gasteiger partial charge in [0.25, 0.3) is 0 Å². The van der Waals surface area contributed by atoms with E-state index in [9.17, 15) is 18.0 Å². The molecule has 0 spiro atoms. The van der Waals surface area contributed by atoms with Crippen molar-refractivity contribution in [3.63, 3.8) is 0 Å². The van der Waals surface area contributed by atoms with Crippen LogP contribution >= 0.6 is 46.4 Å². The molecule has 1 N–H and O–H groups in total. The van der Waals surface area contributed by atoms with Crippen molar-refractivity contribution in [1.29, 1.82) is 0 Å². The third-order valence-corrected chi connectivity index (χ3v) is 6.89. The highest BCUT2D eigenvalue weighted by Gasteiger charge is 2.31. The van der Waals surface area contributed by atoms with E-state index in [1.807, 2.05) is 0 Å². The SMILES string of the molecule is CNC(=O)[C@H](C)N(Cc1ccc(Cl)cc1Cl)C(=O)CN(c1cc(Cl)ccc1Cl)S(C)(=O)=O. The third-order valence-electron chi connectivity index (χ3n) is 4.63. The number of carbonyl (C=O) groups is 2. The summed E-state index contributed by atoms with van der Waals surface area (Å²) in [5, 5.41) is 3.54. The Morgan fingerprint density at radius 1 is 1.00 bits per heavy atom. The van der Waals surface area contributed by atoms with Crippen molar-refractivity contribution < 1.29 is 18.0 Å². The standard InChI is InChI=1S/C20H21Cl4N3O4S/c1-12(20(29)25-2)26(10-13-4-5-14(21)8-17(13)24)19(28)11-27(32(3,30)31)18-9-15(22)6-7-16(18)23/h4-9,12H,10-11H2,1-3H3,(H,25,29)/t12-/m0/s1. The van der Waals surface area contributed by atoms with Crippen molar-refractivity contribution in [1.82, 2.24) is 10.2 Å². The number of benzene rings is 2. The lowest BCUT2D eigenvalue weighted by Crippen LogP contribution is -2.50. The Balaban J connectivity index is 2.46. The zero-order valence-corrected chi connectivity index (χ0v) is 21.2. The predicted molar refractivity (Wildman–Crippen MR) is 129 cm³/mol. The first kappa shape index (κ1) is 26.5. The summed E-state index contributed by atoms with van der Waals surface area (Å²) in [7, 11) is -2.49. The molecule has 0 saturated heterocycles. The van der Waals surface area contributed by atoms with Gasteiger partial charge in [0, 0.05) is 28.7 Å². The normalized spacial score (nSPS) is 12.2. The Morgan fingerprint density at radius 2 is 1.59 bits per heavy atom. The molecule has 0 fully saturated rings. The Kier molecular flexibility index (Phi) is 9.07. The highest BCUT2D eigenvalue weighted by molar-refractivity contribution is 7.92. The second-order valence-corrected chi connectivity index (χ2v) is 10.5. The van der Waals surface area contributed by atoms with E-state index in [4.69, 9.17) is 46.4 Å². The molecule has 0 aromatic heterocycles. The van der Waals surface area contributed by atoms with E-state index in [-0.39, 0.29) is 22.3 Å². The predicted octanol–water partition coefficient (Wildman–Crippen LogP) is 4.23. The largest absolute Gasteiger partial charge is 0.357 e. The van der Waals surface area contributed by atoms with Crippen molar-refractivity contribution >= 4 is 73.9 Å². The van der Waals surface area contributed by atoms with Gasteiger partial charge in [-0.25, -0.2) is 8.42 Å². The number of carbonyl (C=O) groups excluding carboxylic acids is 2. The molecule has 1 atom stereocenters. The van der Waals surface area contributed by atoms with Gasteiger partial charge in [0.1, 0.15) is 12.6 Å². The Bertz CT molecular complexity index is 1130. The number of anilines is 1. The monoisotopic (exact) mass is 539 g/mol. The van der Waals surface area contributed by atoms with E-state index >= 15 is 0 Å². The molecule has 0 radical (unpaired) electrons. The molecule has 2 amide bonds. The van der Waals surface area contributed by atoms with Crippen LogP contribution in [0.25, 0.3) is 0 Å². The maximum Gasteiger partial charge on any atom is 0.244 e. The molecule has 174 valence electrons. The van der Waals surface area contributed by atoms with Gasteiger partial charge in [-0.05, 0) is 42.8 Å². The van der Waals surface area contributed by atoms with Crippen LogP contribution < -0.4 is 9.62 Å². The zero-order valence-electron chi connectivity index (χ0n) is 17.4. The fourth-order valence-corrected chi connectivity index (χ4v) is 4.65. The minimum atomic E-state index is -3.93. The van der Waals surface area contributed by atoms with Crippen LogP contribution in [0.2, 0.25) is 20.1 Å². The first-order valence-corrected chi connectivity index (χ1v) is 12.6. The first-order chi connectivity index (χ1) is 14.8. The van der Waals surface area contributed by atoms with Gasteiger partial charge in [-0.3, -0.25) is 13.9 Å². The van der Waals surface area contributed by atoms with Crippen LogP contribution in [0.4, 0.5) is 5.69 Å². The van der Waals surface area contributed by atoms with E-state index in [1.54, 1.807) is 12.1 Å². The Labute approximate surface area is 207 Å². The molecule has 2 rings (SSSR count). The van der Waals surface area contributed by atoms with Crippen LogP contribution in [0.1, 0.15) is 12.5 Å². The van der Waals surface area contributed by atoms with E-state index in [0.717, 1.165) is 10.6 Å². The summed E-state index contributed by atoms with van der Waals surface area (Å²) in [5.41, 5.74) is 0.582. The summed E-state index contributed by atoms with van der Waals surface area (Å²) in [6.07, 6.45) is 0.945. The van der Waals surface area contributed by atoms with Crippen molar-refractivity contribution in [2.45, 2.75) is 19.5 Å². The van der Waals surface area contributed by atoms with Crippen molar-refractivity contribution in [2.24, 2.45) is 0 Å². The summed E-state index contributed by atoms with van der Waals surface area (Å²) in [6.45, 7) is 0.868. The van der Waals surface area contributed by atoms with Crippen molar-refractivity contribution in [3.8, 4) is 0 Å². The lowest BCUT2D eigenvalue weighted by atomic mass is 10.1. The minimum Gasteiger partial charge on any atom is -0.357 e. The van der Waals surface area contributed by atoms with Crippen LogP contribution in [-0.2, 0) is 26.2 Å². The molecule has 0 aliphatic heterocycles. The zero-order chi connectivity index (χ0) is 24.2. The molecule has 0 heterocycles. The van der Waals surface area contributed by atoms with E-state index in [0.29, 0.717) is 15.6 Å². The molecular weight excluding hydrogens is 520 g/mol. The topological polar surface area (TPSA) is 86.8 Å². The number of nitrogens with zero attached hydrogens (tertiary/aromatic N) is 2. The molecule has 32 heavy (non-hydrogen) atoms. The van der Waals surface area contributed by atoms with Gasteiger partial charge in [-0.2, -0.15) is 0 Å². The lowest BCUT2D eigenvalue weighted by Gasteiger charge is -2.31. The highest BCUT2D eigenvalue weighted by atomic mass is 35.5. The van der Waals surface area contributed by atoms with Gasteiger partial charge in [-0.1, -0.05) is 52.5 Å². The molecule has 0 unspecified atom stereocenters.